The molecule has 4 aliphatic rings. The van der Waals surface area contributed by atoms with Gasteiger partial charge in [0.1, 0.15) is 12.2 Å². The molecular formula is C22H32O10P2+2. The Morgan fingerprint density at radius 1 is 1.24 bits per heavy atom. The van der Waals surface area contributed by atoms with Gasteiger partial charge >= 0.3 is 16.5 Å². The first-order valence-corrected chi connectivity index (χ1v) is 13.5. The van der Waals surface area contributed by atoms with Crippen molar-refractivity contribution in [2.45, 2.75) is 58.2 Å². The zero-order valence-corrected chi connectivity index (χ0v) is 21.1. The highest BCUT2D eigenvalue weighted by Gasteiger charge is 2.68. The van der Waals surface area contributed by atoms with Crippen LogP contribution in [0.1, 0.15) is 46.5 Å². The van der Waals surface area contributed by atoms with E-state index in [4.69, 9.17) is 9.79 Å². The number of hydrogen-bond donors (Lipinski definition) is 5. The highest BCUT2D eigenvalue weighted by molar-refractivity contribution is 7.46. The lowest BCUT2D eigenvalue weighted by molar-refractivity contribution is -0.180. The number of carbonyl (C=O) groups excluding carboxylic acids is 2. The van der Waals surface area contributed by atoms with Crippen molar-refractivity contribution < 1.29 is 48.1 Å². The topological polar surface area (TPSA) is 179 Å². The molecule has 5 N–H and O–H groups in total. The van der Waals surface area contributed by atoms with Gasteiger partial charge in [-0.3, -0.25) is 9.59 Å². The normalized spacial score (nSPS) is 43.5. The van der Waals surface area contributed by atoms with E-state index in [-0.39, 0.29) is 34.9 Å². The average Bonchev–Trinajstić information content (AvgIpc) is 2.99. The molecule has 3 fully saturated rings. The van der Waals surface area contributed by atoms with Gasteiger partial charge in [-0.2, -0.15) is 0 Å². The fraction of sp³-hybridized carbons (Fsp3) is 0.727. The van der Waals surface area contributed by atoms with E-state index >= 15 is 0 Å². The molecule has 2 unspecified atom stereocenters. The zero-order chi connectivity index (χ0) is 25.6. The van der Waals surface area contributed by atoms with Crippen molar-refractivity contribution in [3.63, 3.8) is 0 Å². The summed E-state index contributed by atoms with van der Waals surface area (Å²) in [6, 6.07) is 0. The summed E-state index contributed by atoms with van der Waals surface area (Å²) in [4.78, 5) is 39.7. The van der Waals surface area contributed by atoms with Crippen molar-refractivity contribution in [1.82, 2.24) is 0 Å². The zero-order valence-electron chi connectivity index (χ0n) is 19.3. The Morgan fingerprint density at radius 3 is 2.38 bits per heavy atom. The molecule has 4 aliphatic carbocycles. The van der Waals surface area contributed by atoms with Crippen LogP contribution in [0.2, 0.25) is 0 Å². The van der Waals surface area contributed by atoms with Gasteiger partial charge in [0.15, 0.2) is 15.9 Å². The second-order valence-corrected chi connectivity index (χ2v) is 11.9. The molecule has 0 aromatic carbocycles. The van der Waals surface area contributed by atoms with Gasteiger partial charge in [0.25, 0.3) is 0 Å². The highest BCUT2D eigenvalue weighted by Crippen LogP contribution is 2.67. The molecule has 0 bridgehead atoms. The predicted molar refractivity (Wildman–Crippen MR) is 120 cm³/mol. The highest BCUT2D eigenvalue weighted by atomic mass is 31.2. The first kappa shape index (κ1) is 27.4. The molecule has 0 spiro atoms. The second-order valence-electron chi connectivity index (χ2n) is 10.3. The Labute approximate surface area is 199 Å². The molecule has 188 valence electrons. The molecule has 10 nitrogen and oxygen atoms in total. The van der Waals surface area contributed by atoms with E-state index in [1.54, 1.807) is 12.2 Å². The minimum absolute atomic E-state index is 0.00620. The third-order valence-electron chi connectivity index (χ3n) is 8.71. The lowest BCUT2D eigenvalue weighted by Gasteiger charge is -2.60. The molecule has 0 radical (unpaired) electrons. The molecule has 0 aromatic rings. The first-order chi connectivity index (χ1) is 15.7. The number of Topliss-reactive ketones (excluding diaryl/α,β-unsaturated/α-hetero) is 1. The van der Waals surface area contributed by atoms with Crippen LogP contribution in [0.25, 0.3) is 0 Å². The minimum atomic E-state index is -2.92. The summed E-state index contributed by atoms with van der Waals surface area (Å²) >= 11 is 0. The van der Waals surface area contributed by atoms with E-state index in [2.05, 4.69) is 18.2 Å². The van der Waals surface area contributed by atoms with E-state index in [1.165, 1.54) is 0 Å². The van der Waals surface area contributed by atoms with Crippen molar-refractivity contribution in [3.05, 3.63) is 23.8 Å². The van der Waals surface area contributed by atoms with E-state index in [0.29, 0.717) is 12.8 Å². The number of hydrogen-bond acceptors (Lipinski definition) is 8. The number of ketones is 2. The Balaban J connectivity index is 0.000000406. The number of carbonyl (C=O) groups is 2. The Hall–Kier alpha value is -1.22. The van der Waals surface area contributed by atoms with Crippen LogP contribution in [0.3, 0.4) is 0 Å². The van der Waals surface area contributed by atoms with E-state index in [9.17, 15) is 34.0 Å². The summed E-state index contributed by atoms with van der Waals surface area (Å²) in [5.74, 6) is -0.0768. The van der Waals surface area contributed by atoms with Crippen LogP contribution < -0.4 is 0 Å². The summed E-state index contributed by atoms with van der Waals surface area (Å²) in [6.45, 7) is 5.48. The van der Waals surface area contributed by atoms with Gasteiger partial charge in [-0.05, 0) is 55.6 Å². The van der Waals surface area contributed by atoms with E-state index in [0.717, 1.165) is 18.4 Å². The number of fused-ring (bicyclic) bond motifs is 5. The summed E-state index contributed by atoms with van der Waals surface area (Å²) < 4.78 is 22.2. The van der Waals surface area contributed by atoms with Crippen LogP contribution in [-0.2, 0) is 23.0 Å². The van der Waals surface area contributed by atoms with Crippen LogP contribution >= 0.6 is 16.5 Å². The average molecular weight is 518 g/mol. The maximum atomic E-state index is 12.4. The molecule has 12 heteroatoms. The number of allylic oxidation sites excluding steroid dienone is 4. The third kappa shape index (κ3) is 4.40. The van der Waals surface area contributed by atoms with Gasteiger partial charge in [0, 0.05) is 25.9 Å². The molecule has 0 amide bonds. The molecule has 0 heterocycles. The molecule has 3 saturated carbocycles. The lowest BCUT2D eigenvalue weighted by Crippen LogP contribution is -2.62. The summed E-state index contributed by atoms with van der Waals surface area (Å²) in [6.07, 6.45) is 6.87. The van der Waals surface area contributed by atoms with Crippen molar-refractivity contribution in [3.8, 4) is 0 Å². The maximum Gasteiger partial charge on any atom is 0.745 e. The van der Waals surface area contributed by atoms with Gasteiger partial charge < -0.3 is 15.3 Å². The molecule has 4 rings (SSSR count). The van der Waals surface area contributed by atoms with E-state index < -0.39 is 46.0 Å². The number of rotatable bonds is 4. The molecule has 0 aromatic heterocycles. The van der Waals surface area contributed by atoms with Gasteiger partial charge in [0.2, 0.25) is 0 Å². The van der Waals surface area contributed by atoms with Gasteiger partial charge in [0.05, 0.1) is 6.10 Å². The lowest BCUT2D eigenvalue weighted by atomic mass is 9.45. The van der Waals surface area contributed by atoms with Crippen LogP contribution in [0, 0.1) is 34.5 Å². The van der Waals surface area contributed by atoms with Crippen molar-refractivity contribution >= 4 is 28.1 Å². The Bertz CT molecular complexity index is 951. The fourth-order valence-corrected chi connectivity index (χ4v) is 7.88. The molecule has 34 heavy (non-hydrogen) atoms. The summed E-state index contributed by atoms with van der Waals surface area (Å²) in [5.41, 5.74) is -1.59. The molecule has 0 saturated heterocycles. The minimum Gasteiger partial charge on any atom is -0.393 e. The van der Waals surface area contributed by atoms with Crippen molar-refractivity contribution in [1.29, 1.82) is 0 Å². The molecular weight excluding hydrogens is 486 g/mol. The van der Waals surface area contributed by atoms with Crippen molar-refractivity contribution in [2.24, 2.45) is 34.5 Å². The van der Waals surface area contributed by atoms with Crippen molar-refractivity contribution in [2.75, 3.05) is 6.61 Å². The van der Waals surface area contributed by atoms with Crippen LogP contribution in [0.15, 0.2) is 23.8 Å². The smallest absolute Gasteiger partial charge is 0.393 e. The number of aliphatic hydroxyl groups is 3. The largest absolute Gasteiger partial charge is 0.745 e. The standard InChI is InChI=1S/C22H30O5.O5P2/c1-12-8-14-15-5-7-22(27,18(26)11-23)21(15,3)10-17(25)19(14)20(2)6-4-13(24)9-16(12)20;1-6(2)5-7(3)4/h4,6,9,12,14-15,17,19,23,25,27H,5,7-8,10-11H2,1-3H3;/p+2/t12-,14-,15-,17-,19+,20-,21-,22-;/m0./s1. The third-order valence-corrected chi connectivity index (χ3v) is 9.83. The van der Waals surface area contributed by atoms with Gasteiger partial charge in [-0.15, -0.1) is 9.79 Å². The van der Waals surface area contributed by atoms with Crippen LogP contribution in [0.4, 0.5) is 0 Å². The molecule has 10 atom stereocenters. The van der Waals surface area contributed by atoms with E-state index in [1.807, 2.05) is 13.0 Å². The van der Waals surface area contributed by atoms with Crippen LogP contribution in [0.5, 0.6) is 0 Å². The van der Waals surface area contributed by atoms with Gasteiger partial charge in [-0.25, -0.2) is 0 Å². The van der Waals surface area contributed by atoms with Crippen LogP contribution in [-0.4, -0.2) is 55.0 Å². The fourth-order valence-electron chi connectivity index (χ4n) is 7.40. The monoisotopic (exact) mass is 518 g/mol. The Kier molecular flexibility index (Phi) is 7.79. The first-order valence-electron chi connectivity index (χ1n) is 11.2. The molecule has 0 aliphatic heterocycles. The quantitative estimate of drug-likeness (QED) is 0.346. The second kappa shape index (κ2) is 9.68. The number of aliphatic hydroxyl groups excluding tert-OH is 2. The predicted octanol–water partition coefficient (Wildman–Crippen LogP) is 2.11. The SMILES string of the molecule is C[C@H]1C[C@@H]2[C@H]([C@@H](O)C[C@@]3(C)[C@H]2CC[C@]3(O)C(=O)CO)[C@@]2(C)C=CC(=O)C=C12.O=[P+](O)O[P+](=O)O. The summed E-state index contributed by atoms with van der Waals surface area (Å²) in [7, 11) is -5.85. The maximum absolute atomic E-state index is 12.4. The summed E-state index contributed by atoms with van der Waals surface area (Å²) in [5, 5.41) is 31.9. The van der Waals surface area contributed by atoms with Gasteiger partial charge in [-0.1, -0.05) is 32.4 Å². The Morgan fingerprint density at radius 2 is 1.85 bits per heavy atom.